The molecule has 0 aliphatic rings. The summed E-state index contributed by atoms with van der Waals surface area (Å²) in [5.41, 5.74) is 3.73. The number of hydrogen-bond acceptors (Lipinski definition) is 6. The Hall–Kier alpha value is -4.00. The van der Waals surface area contributed by atoms with E-state index in [1.54, 1.807) is 24.3 Å². The summed E-state index contributed by atoms with van der Waals surface area (Å²) >= 11 is 0. The summed E-state index contributed by atoms with van der Waals surface area (Å²) in [4.78, 5) is 44.0. The van der Waals surface area contributed by atoms with Crippen molar-refractivity contribution in [1.29, 1.82) is 0 Å². The molecule has 0 saturated carbocycles. The maximum Gasteiger partial charge on any atom is 0.373 e. The predicted octanol–water partition coefficient (Wildman–Crippen LogP) is 7.80. The van der Waals surface area contributed by atoms with Gasteiger partial charge in [-0.3, -0.25) is 9.78 Å². The van der Waals surface area contributed by atoms with Crippen molar-refractivity contribution < 1.29 is 29.1 Å². The molecule has 0 saturated heterocycles. The molecule has 0 N–H and O–H groups in total. The van der Waals surface area contributed by atoms with Gasteiger partial charge in [0.25, 0.3) is 0 Å². The van der Waals surface area contributed by atoms with Crippen molar-refractivity contribution in [2.75, 3.05) is 0 Å². The van der Waals surface area contributed by atoms with Gasteiger partial charge in [-0.25, -0.2) is 9.59 Å². The highest BCUT2D eigenvalue weighted by molar-refractivity contribution is 5.90. The second-order valence-electron chi connectivity index (χ2n) is 10.7. The largest absolute Gasteiger partial charge is 0.373 e. The van der Waals surface area contributed by atoms with Gasteiger partial charge in [-0.1, -0.05) is 72.8 Å². The van der Waals surface area contributed by atoms with Crippen molar-refractivity contribution in [1.82, 2.24) is 0 Å². The second-order valence-corrected chi connectivity index (χ2v) is 10.7. The molecule has 6 nitrogen and oxygen atoms in total. The minimum absolute atomic E-state index is 0.423. The zero-order valence-corrected chi connectivity index (χ0v) is 22.7. The van der Waals surface area contributed by atoms with E-state index in [9.17, 15) is 9.59 Å². The third kappa shape index (κ3) is 9.81. The summed E-state index contributed by atoms with van der Waals surface area (Å²) in [6, 6.07) is 22.3. The van der Waals surface area contributed by atoms with Crippen LogP contribution in [0.25, 0.3) is 24.3 Å². The van der Waals surface area contributed by atoms with Gasteiger partial charge < -0.3 is 0 Å². The lowest BCUT2D eigenvalue weighted by molar-refractivity contribution is -0.301. The van der Waals surface area contributed by atoms with Gasteiger partial charge in [0.15, 0.2) is 0 Å². The molecule has 0 aliphatic carbocycles. The zero-order chi connectivity index (χ0) is 27.8. The van der Waals surface area contributed by atoms with E-state index in [2.05, 4.69) is 0 Å². The molecule has 0 spiro atoms. The van der Waals surface area contributed by atoms with Gasteiger partial charge in [0.2, 0.25) is 0 Å². The first kappa shape index (κ1) is 28.6. The Labute approximate surface area is 224 Å². The van der Waals surface area contributed by atoms with Crippen LogP contribution in [0.5, 0.6) is 0 Å². The van der Waals surface area contributed by atoms with E-state index in [0.717, 1.165) is 22.3 Å². The molecule has 0 heterocycles. The van der Waals surface area contributed by atoms with Crippen molar-refractivity contribution in [2.45, 2.75) is 52.7 Å². The van der Waals surface area contributed by atoms with E-state index in [1.807, 2.05) is 114 Å². The van der Waals surface area contributed by atoms with Crippen LogP contribution in [0, 0.1) is 0 Å². The van der Waals surface area contributed by atoms with Gasteiger partial charge >= 0.3 is 11.9 Å². The first-order chi connectivity index (χ1) is 17.9. The Morgan fingerprint density at radius 2 is 0.711 bits per heavy atom. The lowest BCUT2D eigenvalue weighted by Gasteiger charge is -2.16. The maximum atomic E-state index is 12.1. The Balaban J connectivity index is 1.53. The molecule has 0 fully saturated rings. The maximum absolute atomic E-state index is 12.1. The highest BCUT2D eigenvalue weighted by Crippen LogP contribution is 2.16. The average Bonchev–Trinajstić information content (AvgIpc) is 2.88. The number of carbonyl (C=O) groups excluding carboxylic acids is 2. The number of benzene rings is 3. The molecule has 38 heavy (non-hydrogen) atoms. The van der Waals surface area contributed by atoms with Crippen LogP contribution >= 0.6 is 0 Å². The SMILES string of the molecule is CC(C)(C)OOC(=O)c1ccc(/C=C/c2ccc(/C=C/c3ccc(C(=O)OOC(C)(C)C)cc3)cc2)cc1. The summed E-state index contributed by atoms with van der Waals surface area (Å²) < 4.78 is 0. The van der Waals surface area contributed by atoms with Crippen LogP contribution in [0.4, 0.5) is 0 Å². The van der Waals surface area contributed by atoms with Crippen molar-refractivity contribution in [3.05, 3.63) is 106 Å². The van der Waals surface area contributed by atoms with Crippen LogP contribution in [0.1, 0.15) is 84.5 Å². The molecule has 0 atom stereocenters. The average molecular weight is 515 g/mol. The first-order valence-corrected chi connectivity index (χ1v) is 12.3. The Kier molecular flexibility index (Phi) is 9.40. The summed E-state index contributed by atoms with van der Waals surface area (Å²) in [6.07, 6.45) is 7.96. The van der Waals surface area contributed by atoms with Gasteiger partial charge in [-0.2, -0.15) is 9.78 Å². The molecular formula is C32H34O6. The fraction of sp³-hybridized carbons (Fsp3) is 0.250. The van der Waals surface area contributed by atoms with E-state index >= 15 is 0 Å². The summed E-state index contributed by atoms with van der Waals surface area (Å²) in [5.74, 6) is -1.05. The van der Waals surface area contributed by atoms with Crippen molar-refractivity contribution in [3.8, 4) is 0 Å². The topological polar surface area (TPSA) is 71.1 Å². The predicted molar refractivity (Wildman–Crippen MR) is 150 cm³/mol. The highest BCUT2D eigenvalue weighted by atomic mass is 17.2. The van der Waals surface area contributed by atoms with Gasteiger partial charge in [-0.05, 0) is 88.1 Å². The summed E-state index contributed by atoms with van der Waals surface area (Å²) in [7, 11) is 0. The minimum atomic E-state index is -0.561. The van der Waals surface area contributed by atoms with Crippen LogP contribution in [0.2, 0.25) is 0 Å². The number of hydrogen-bond donors (Lipinski definition) is 0. The molecule has 3 rings (SSSR count). The van der Waals surface area contributed by atoms with Crippen LogP contribution in [-0.2, 0) is 19.6 Å². The Bertz CT molecular complexity index is 1170. The van der Waals surface area contributed by atoms with E-state index in [4.69, 9.17) is 19.6 Å². The molecule has 0 bridgehead atoms. The van der Waals surface area contributed by atoms with Crippen molar-refractivity contribution in [2.24, 2.45) is 0 Å². The quantitative estimate of drug-likeness (QED) is 0.173. The Morgan fingerprint density at radius 1 is 0.474 bits per heavy atom. The molecule has 0 aromatic heterocycles. The standard InChI is InChI=1S/C32H34O6/c1-31(2,3)37-35-29(33)27-19-15-25(16-20-27)13-11-23-7-9-24(10-8-23)12-14-26-17-21-28(22-18-26)30(34)36-38-32(4,5)6/h7-22H,1-6H3/b13-11+,14-12+. The fourth-order valence-electron chi connectivity index (χ4n) is 2.99. The molecule has 0 aliphatic heterocycles. The van der Waals surface area contributed by atoms with Crippen molar-refractivity contribution >= 4 is 36.2 Å². The third-order valence-electron chi connectivity index (χ3n) is 4.90. The van der Waals surface area contributed by atoms with Crippen LogP contribution in [0.3, 0.4) is 0 Å². The van der Waals surface area contributed by atoms with Crippen LogP contribution < -0.4 is 0 Å². The van der Waals surface area contributed by atoms with Gasteiger partial charge in [-0.15, -0.1) is 0 Å². The number of carbonyl (C=O) groups is 2. The lowest BCUT2D eigenvalue weighted by atomic mass is 10.1. The van der Waals surface area contributed by atoms with Crippen LogP contribution in [-0.4, -0.2) is 23.1 Å². The minimum Gasteiger partial charge on any atom is -0.292 e. The van der Waals surface area contributed by atoms with E-state index in [-0.39, 0.29) is 0 Å². The van der Waals surface area contributed by atoms with E-state index in [0.29, 0.717) is 11.1 Å². The van der Waals surface area contributed by atoms with Crippen LogP contribution in [0.15, 0.2) is 72.8 Å². The normalized spacial score (nSPS) is 12.2. The van der Waals surface area contributed by atoms with Gasteiger partial charge in [0, 0.05) is 0 Å². The first-order valence-electron chi connectivity index (χ1n) is 12.3. The zero-order valence-electron chi connectivity index (χ0n) is 22.7. The smallest absolute Gasteiger partial charge is 0.292 e. The lowest BCUT2D eigenvalue weighted by Crippen LogP contribution is -2.21. The van der Waals surface area contributed by atoms with Crippen molar-refractivity contribution in [3.63, 3.8) is 0 Å². The van der Waals surface area contributed by atoms with E-state index in [1.165, 1.54) is 0 Å². The third-order valence-corrected chi connectivity index (χ3v) is 4.90. The summed E-state index contributed by atoms with van der Waals surface area (Å²) in [5, 5.41) is 0. The van der Waals surface area contributed by atoms with E-state index < -0.39 is 23.1 Å². The number of rotatable bonds is 8. The molecule has 3 aromatic carbocycles. The molecule has 0 amide bonds. The van der Waals surface area contributed by atoms with Gasteiger partial charge in [0.1, 0.15) is 11.2 Å². The summed E-state index contributed by atoms with van der Waals surface area (Å²) in [6.45, 7) is 10.8. The van der Waals surface area contributed by atoms with Gasteiger partial charge in [0.05, 0.1) is 11.1 Å². The highest BCUT2D eigenvalue weighted by Gasteiger charge is 2.17. The molecule has 198 valence electrons. The molecule has 3 aromatic rings. The molecular weight excluding hydrogens is 480 g/mol. The monoisotopic (exact) mass is 514 g/mol. The molecule has 0 radical (unpaired) electrons. The molecule has 6 heteroatoms. The Morgan fingerprint density at radius 3 is 0.947 bits per heavy atom. The fourth-order valence-corrected chi connectivity index (χ4v) is 2.99. The molecule has 0 unspecified atom stereocenters. The second kappa shape index (κ2) is 12.5.